The molecule has 1 aliphatic carbocycles. The summed E-state index contributed by atoms with van der Waals surface area (Å²) in [5.41, 5.74) is 0.908. The summed E-state index contributed by atoms with van der Waals surface area (Å²) in [5.74, 6) is 1.02. The lowest BCUT2D eigenvalue weighted by Crippen LogP contribution is -2.31. The lowest BCUT2D eigenvalue weighted by molar-refractivity contribution is 0.550. The number of hydrogen-bond acceptors (Lipinski definition) is 4. The molecule has 19 heavy (non-hydrogen) atoms. The summed E-state index contributed by atoms with van der Waals surface area (Å²) in [6.07, 6.45) is 11.5. The molecule has 0 atom stereocenters. The van der Waals surface area contributed by atoms with Gasteiger partial charge in [-0.05, 0) is 12.8 Å². The van der Waals surface area contributed by atoms with Gasteiger partial charge in [0.2, 0.25) is 0 Å². The highest BCUT2D eigenvalue weighted by Gasteiger charge is 2.20. The van der Waals surface area contributed by atoms with E-state index < -0.39 is 0 Å². The van der Waals surface area contributed by atoms with E-state index in [-0.39, 0.29) is 0 Å². The second kappa shape index (κ2) is 5.15. The van der Waals surface area contributed by atoms with E-state index in [1.807, 2.05) is 13.2 Å². The maximum absolute atomic E-state index is 4.49. The fraction of sp³-hybridized carbons (Fsp3) is 0.643. The van der Waals surface area contributed by atoms with Crippen LogP contribution < -0.4 is 4.90 Å². The molecule has 2 aromatic rings. The van der Waals surface area contributed by atoms with Crippen molar-refractivity contribution in [1.82, 2.24) is 19.7 Å². The standard InChI is InChI=1S/C14H21N5/c1-18(11-7-5-3-4-6-8-11)13-12-9-17-19(2)14(12)16-10-15-13/h9-11H,3-8H2,1-2H3. The highest BCUT2D eigenvalue weighted by molar-refractivity contribution is 5.86. The Bertz CT molecular complexity index is 554. The van der Waals surface area contributed by atoms with Crippen molar-refractivity contribution in [2.24, 2.45) is 7.05 Å². The Morgan fingerprint density at radius 2 is 1.89 bits per heavy atom. The normalized spacial score (nSPS) is 17.6. The zero-order valence-electron chi connectivity index (χ0n) is 11.7. The highest BCUT2D eigenvalue weighted by Crippen LogP contribution is 2.28. The first-order valence-electron chi connectivity index (χ1n) is 7.13. The average Bonchev–Trinajstić information content (AvgIpc) is 2.68. The first-order chi connectivity index (χ1) is 9.27. The lowest BCUT2D eigenvalue weighted by Gasteiger charge is -2.28. The number of rotatable bonds is 2. The highest BCUT2D eigenvalue weighted by atomic mass is 15.3. The molecule has 5 nitrogen and oxygen atoms in total. The molecule has 5 heteroatoms. The van der Waals surface area contributed by atoms with Gasteiger partial charge in [0, 0.05) is 20.1 Å². The van der Waals surface area contributed by atoms with Crippen LogP contribution >= 0.6 is 0 Å². The van der Waals surface area contributed by atoms with Gasteiger partial charge in [-0.3, -0.25) is 4.68 Å². The van der Waals surface area contributed by atoms with Gasteiger partial charge in [-0.1, -0.05) is 25.7 Å². The summed E-state index contributed by atoms with van der Waals surface area (Å²) in [6.45, 7) is 0. The summed E-state index contributed by atoms with van der Waals surface area (Å²) in [4.78, 5) is 11.1. The Morgan fingerprint density at radius 1 is 1.16 bits per heavy atom. The molecular weight excluding hydrogens is 238 g/mol. The zero-order valence-corrected chi connectivity index (χ0v) is 11.7. The summed E-state index contributed by atoms with van der Waals surface area (Å²) < 4.78 is 1.81. The first-order valence-corrected chi connectivity index (χ1v) is 7.13. The van der Waals surface area contributed by atoms with Gasteiger partial charge in [-0.2, -0.15) is 5.10 Å². The molecule has 0 aromatic carbocycles. The maximum atomic E-state index is 4.49. The Hall–Kier alpha value is -1.65. The largest absolute Gasteiger partial charge is 0.356 e. The number of hydrogen-bond donors (Lipinski definition) is 0. The van der Waals surface area contributed by atoms with Crippen LogP contribution in [0.25, 0.3) is 11.0 Å². The van der Waals surface area contributed by atoms with Crippen LogP contribution in [0.5, 0.6) is 0 Å². The van der Waals surface area contributed by atoms with E-state index in [1.54, 1.807) is 11.0 Å². The monoisotopic (exact) mass is 259 g/mol. The summed E-state index contributed by atoms with van der Waals surface area (Å²) in [7, 11) is 4.08. The predicted octanol–water partition coefficient (Wildman–Crippen LogP) is 2.52. The van der Waals surface area contributed by atoms with E-state index in [4.69, 9.17) is 0 Å². The van der Waals surface area contributed by atoms with Crippen LogP contribution in [0.4, 0.5) is 5.82 Å². The summed E-state index contributed by atoms with van der Waals surface area (Å²) in [6, 6.07) is 0.598. The molecule has 1 saturated carbocycles. The molecule has 0 saturated heterocycles. The van der Waals surface area contributed by atoms with E-state index in [0.29, 0.717) is 6.04 Å². The molecule has 2 aromatic heterocycles. The van der Waals surface area contributed by atoms with Gasteiger partial charge in [0.15, 0.2) is 5.65 Å². The van der Waals surface area contributed by atoms with Crippen LogP contribution in [0.1, 0.15) is 38.5 Å². The van der Waals surface area contributed by atoms with Crippen molar-refractivity contribution in [2.75, 3.05) is 11.9 Å². The number of aromatic nitrogens is 4. The lowest BCUT2D eigenvalue weighted by atomic mass is 10.1. The van der Waals surface area contributed by atoms with Crippen LogP contribution in [-0.4, -0.2) is 32.8 Å². The summed E-state index contributed by atoms with van der Waals surface area (Å²) >= 11 is 0. The summed E-state index contributed by atoms with van der Waals surface area (Å²) in [5, 5.41) is 5.34. The second-order valence-electron chi connectivity index (χ2n) is 5.46. The van der Waals surface area contributed by atoms with Gasteiger partial charge < -0.3 is 4.90 Å². The SMILES string of the molecule is CN(c1ncnc2c1cnn2C)C1CCCCCC1. The van der Waals surface area contributed by atoms with Crippen molar-refractivity contribution in [2.45, 2.75) is 44.6 Å². The van der Waals surface area contributed by atoms with E-state index in [2.05, 4.69) is 27.0 Å². The molecule has 102 valence electrons. The van der Waals surface area contributed by atoms with Crippen LogP contribution in [-0.2, 0) is 7.05 Å². The van der Waals surface area contributed by atoms with Gasteiger partial charge in [-0.15, -0.1) is 0 Å². The van der Waals surface area contributed by atoms with Crippen LogP contribution in [0.2, 0.25) is 0 Å². The molecule has 0 amide bonds. The van der Waals surface area contributed by atoms with Gasteiger partial charge in [0.1, 0.15) is 12.1 Å². The zero-order chi connectivity index (χ0) is 13.2. The van der Waals surface area contributed by atoms with Crippen molar-refractivity contribution in [1.29, 1.82) is 0 Å². The fourth-order valence-electron chi connectivity index (χ4n) is 3.05. The Morgan fingerprint density at radius 3 is 2.63 bits per heavy atom. The number of anilines is 1. The molecule has 3 rings (SSSR count). The minimum atomic E-state index is 0.598. The van der Waals surface area contributed by atoms with Crippen molar-refractivity contribution in [3.63, 3.8) is 0 Å². The number of fused-ring (bicyclic) bond motifs is 1. The van der Waals surface area contributed by atoms with E-state index in [1.165, 1.54) is 38.5 Å². The second-order valence-corrected chi connectivity index (χ2v) is 5.46. The first kappa shape index (κ1) is 12.4. The molecule has 1 fully saturated rings. The third-order valence-corrected chi connectivity index (χ3v) is 4.21. The molecule has 0 aliphatic heterocycles. The smallest absolute Gasteiger partial charge is 0.163 e. The minimum Gasteiger partial charge on any atom is -0.356 e. The van der Waals surface area contributed by atoms with E-state index in [9.17, 15) is 0 Å². The van der Waals surface area contributed by atoms with Crippen LogP contribution in [0.3, 0.4) is 0 Å². The Kier molecular flexibility index (Phi) is 3.36. The molecule has 0 radical (unpaired) electrons. The third-order valence-electron chi connectivity index (χ3n) is 4.21. The maximum Gasteiger partial charge on any atom is 0.163 e. The molecule has 1 aliphatic rings. The van der Waals surface area contributed by atoms with E-state index in [0.717, 1.165) is 16.9 Å². The van der Waals surface area contributed by atoms with Crippen LogP contribution in [0.15, 0.2) is 12.5 Å². The van der Waals surface area contributed by atoms with E-state index >= 15 is 0 Å². The van der Waals surface area contributed by atoms with Gasteiger partial charge in [-0.25, -0.2) is 9.97 Å². The molecule has 0 N–H and O–H groups in total. The van der Waals surface area contributed by atoms with Crippen molar-refractivity contribution < 1.29 is 0 Å². The minimum absolute atomic E-state index is 0.598. The van der Waals surface area contributed by atoms with Crippen molar-refractivity contribution in [3.05, 3.63) is 12.5 Å². The topological polar surface area (TPSA) is 46.8 Å². The quantitative estimate of drug-likeness (QED) is 0.777. The van der Waals surface area contributed by atoms with Crippen molar-refractivity contribution >= 4 is 16.9 Å². The average molecular weight is 259 g/mol. The van der Waals surface area contributed by atoms with Gasteiger partial charge in [0.25, 0.3) is 0 Å². The Balaban J connectivity index is 1.94. The Labute approximate surface area is 113 Å². The molecule has 0 bridgehead atoms. The molecular formula is C14H21N5. The van der Waals surface area contributed by atoms with Crippen molar-refractivity contribution in [3.8, 4) is 0 Å². The third kappa shape index (κ3) is 2.29. The fourth-order valence-corrected chi connectivity index (χ4v) is 3.05. The number of nitrogens with zero attached hydrogens (tertiary/aromatic N) is 5. The molecule has 2 heterocycles. The molecule has 0 spiro atoms. The predicted molar refractivity (Wildman–Crippen MR) is 76.2 cm³/mol. The number of aryl methyl sites for hydroxylation is 1. The van der Waals surface area contributed by atoms with Crippen LogP contribution in [0, 0.1) is 0 Å². The van der Waals surface area contributed by atoms with Gasteiger partial charge >= 0.3 is 0 Å². The van der Waals surface area contributed by atoms with Gasteiger partial charge in [0.05, 0.1) is 11.6 Å². The molecule has 0 unspecified atom stereocenters.